The molecule has 0 aliphatic carbocycles. The minimum absolute atomic E-state index is 0.0999. The number of nitriles is 1. The lowest BCUT2D eigenvalue weighted by molar-refractivity contribution is -0.385. The van der Waals surface area contributed by atoms with E-state index in [2.05, 4.69) is 17.3 Å². The van der Waals surface area contributed by atoms with Crippen LogP contribution in [0.15, 0.2) is 18.2 Å². The quantitative estimate of drug-likeness (QED) is 0.663. The van der Waals surface area contributed by atoms with E-state index in [-0.39, 0.29) is 11.3 Å². The Morgan fingerprint density at radius 1 is 1.47 bits per heavy atom. The second kappa shape index (κ2) is 5.67. The summed E-state index contributed by atoms with van der Waals surface area (Å²) >= 11 is 0. The van der Waals surface area contributed by atoms with Gasteiger partial charge in [0.25, 0.3) is 5.69 Å². The van der Waals surface area contributed by atoms with Crippen LogP contribution < -0.4 is 5.32 Å². The summed E-state index contributed by atoms with van der Waals surface area (Å²) in [7, 11) is 2.09. The smallest absolute Gasteiger partial charge is 0.287 e. The lowest BCUT2D eigenvalue weighted by Crippen LogP contribution is -2.36. The van der Waals surface area contributed by atoms with E-state index in [0.29, 0.717) is 6.04 Å². The Hall–Kier alpha value is -2.13. The van der Waals surface area contributed by atoms with Gasteiger partial charge in [-0.3, -0.25) is 10.1 Å². The number of benzene rings is 1. The average Bonchev–Trinajstić information content (AvgIpc) is 2.41. The fraction of sp³-hybridized carbons (Fsp3) is 0.462. The second-order valence-electron chi connectivity index (χ2n) is 4.82. The van der Waals surface area contributed by atoms with E-state index in [1.54, 1.807) is 12.1 Å². The van der Waals surface area contributed by atoms with Crippen LogP contribution in [-0.4, -0.2) is 36.0 Å². The molecule has 0 atom stereocenters. The molecule has 6 nitrogen and oxygen atoms in total. The highest BCUT2D eigenvalue weighted by Gasteiger charge is 2.18. The van der Waals surface area contributed by atoms with Crippen LogP contribution in [0.2, 0.25) is 0 Å². The molecule has 0 spiro atoms. The lowest BCUT2D eigenvalue weighted by Gasteiger charge is -2.30. The first-order chi connectivity index (χ1) is 9.10. The fourth-order valence-corrected chi connectivity index (χ4v) is 2.26. The zero-order chi connectivity index (χ0) is 13.8. The van der Waals surface area contributed by atoms with Crippen LogP contribution in [0.3, 0.4) is 0 Å². The molecule has 1 aliphatic heterocycles. The lowest BCUT2D eigenvalue weighted by atomic mass is 10.0. The largest absolute Gasteiger partial charge is 0.382 e. The fourth-order valence-electron chi connectivity index (χ4n) is 2.26. The molecule has 6 heteroatoms. The Morgan fingerprint density at radius 3 is 2.74 bits per heavy atom. The SMILES string of the molecule is CN1CCC(Nc2ccc([N+](=O)[O-])c(C#N)c2)CC1. The molecule has 1 heterocycles. The van der Waals surface area contributed by atoms with Crippen molar-refractivity contribution < 1.29 is 4.92 Å². The average molecular weight is 260 g/mol. The molecule has 1 aliphatic rings. The van der Waals surface area contributed by atoms with Crippen molar-refractivity contribution in [2.24, 2.45) is 0 Å². The summed E-state index contributed by atoms with van der Waals surface area (Å²) in [6, 6.07) is 6.84. The van der Waals surface area contributed by atoms with Gasteiger partial charge in [0.05, 0.1) is 4.92 Å². The molecular formula is C13H16N4O2. The van der Waals surface area contributed by atoms with Gasteiger partial charge in [-0.1, -0.05) is 0 Å². The number of hydrogen-bond acceptors (Lipinski definition) is 5. The summed E-state index contributed by atoms with van der Waals surface area (Å²) in [5, 5.41) is 23.0. The molecule has 1 N–H and O–H groups in total. The van der Waals surface area contributed by atoms with Crippen LogP contribution in [0, 0.1) is 21.4 Å². The molecule has 1 aromatic carbocycles. The van der Waals surface area contributed by atoms with Gasteiger partial charge in [0.1, 0.15) is 11.6 Å². The van der Waals surface area contributed by atoms with Crippen molar-refractivity contribution in [2.45, 2.75) is 18.9 Å². The predicted octanol–water partition coefficient (Wildman–Crippen LogP) is 1.97. The van der Waals surface area contributed by atoms with Crippen LogP contribution in [0.5, 0.6) is 0 Å². The van der Waals surface area contributed by atoms with E-state index in [4.69, 9.17) is 5.26 Å². The maximum absolute atomic E-state index is 10.7. The Balaban J connectivity index is 2.09. The highest BCUT2D eigenvalue weighted by molar-refractivity contribution is 5.59. The van der Waals surface area contributed by atoms with Gasteiger partial charge in [-0.2, -0.15) is 5.26 Å². The van der Waals surface area contributed by atoms with Crippen molar-refractivity contribution in [3.63, 3.8) is 0 Å². The van der Waals surface area contributed by atoms with Gasteiger partial charge in [-0.25, -0.2) is 0 Å². The van der Waals surface area contributed by atoms with Crippen molar-refractivity contribution in [1.29, 1.82) is 5.26 Å². The number of nitro benzene ring substituents is 1. The summed E-state index contributed by atoms with van der Waals surface area (Å²) in [5.41, 5.74) is 0.732. The molecular weight excluding hydrogens is 244 g/mol. The highest BCUT2D eigenvalue weighted by Crippen LogP contribution is 2.23. The number of nitro groups is 1. The number of likely N-dealkylation sites (tertiary alicyclic amines) is 1. The Kier molecular flexibility index (Phi) is 3.97. The Bertz CT molecular complexity index is 516. The molecule has 1 aromatic rings. The van der Waals surface area contributed by atoms with E-state index in [1.165, 1.54) is 6.07 Å². The summed E-state index contributed by atoms with van der Waals surface area (Å²) in [6.45, 7) is 2.07. The summed E-state index contributed by atoms with van der Waals surface area (Å²) in [5.74, 6) is 0. The zero-order valence-corrected chi connectivity index (χ0v) is 10.8. The molecule has 0 saturated carbocycles. The van der Waals surface area contributed by atoms with Crippen LogP contribution in [0.25, 0.3) is 0 Å². The van der Waals surface area contributed by atoms with E-state index in [1.807, 2.05) is 6.07 Å². The van der Waals surface area contributed by atoms with Crippen LogP contribution in [0.4, 0.5) is 11.4 Å². The highest BCUT2D eigenvalue weighted by atomic mass is 16.6. The van der Waals surface area contributed by atoms with E-state index >= 15 is 0 Å². The van der Waals surface area contributed by atoms with Crippen molar-refractivity contribution >= 4 is 11.4 Å². The molecule has 0 aromatic heterocycles. The van der Waals surface area contributed by atoms with Gasteiger partial charge in [0.15, 0.2) is 0 Å². The third-order valence-electron chi connectivity index (χ3n) is 3.40. The van der Waals surface area contributed by atoms with Gasteiger partial charge in [-0.15, -0.1) is 0 Å². The van der Waals surface area contributed by atoms with Gasteiger partial charge in [0.2, 0.25) is 0 Å². The number of anilines is 1. The standard InChI is InChI=1S/C13H16N4O2/c1-16-6-4-11(5-7-16)15-12-2-3-13(17(18)19)10(8-12)9-14/h2-3,8,11,15H,4-7H2,1H3. The molecule has 1 saturated heterocycles. The van der Waals surface area contributed by atoms with Crippen LogP contribution in [-0.2, 0) is 0 Å². The number of nitrogens with one attached hydrogen (secondary N) is 1. The minimum Gasteiger partial charge on any atom is -0.382 e. The van der Waals surface area contributed by atoms with Crippen LogP contribution in [0.1, 0.15) is 18.4 Å². The normalized spacial score (nSPS) is 16.8. The van der Waals surface area contributed by atoms with Gasteiger partial charge >= 0.3 is 0 Å². The van der Waals surface area contributed by atoms with E-state index < -0.39 is 4.92 Å². The maximum Gasteiger partial charge on any atom is 0.287 e. The van der Waals surface area contributed by atoms with Crippen molar-refractivity contribution in [1.82, 2.24) is 4.90 Å². The molecule has 100 valence electrons. The third-order valence-corrected chi connectivity index (χ3v) is 3.40. The molecule has 2 rings (SSSR count). The van der Waals surface area contributed by atoms with Crippen LogP contribution >= 0.6 is 0 Å². The Labute approximate surface area is 111 Å². The topological polar surface area (TPSA) is 82.2 Å². The molecule has 0 radical (unpaired) electrons. The maximum atomic E-state index is 10.7. The van der Waals surface area contributed by atoms with Gasteiger partial charge in [0, 0.05) is 17.8 Å². The third kappa shape index (κ3) is 3.20. The van der Waals surface area contributed by atoms with Gasteiger partial charge < -0.3 is 10.2 Å². The van der Waals surface area contributed by atoms with E-state index in [9.17, 15) is 10.1 Å². The monoisotopic (exact) mass is 260 g/mol. The summed E-state index contributed by atoms with van der Waals surface area (Å²) in [6.07, 6.45) is 2.07. The van der Waals surface area contributed by atoms with Crippen molar-refractivity contribution in [3.8, 4) is 6.07 Å². The first-order valence-electron chi connectivity index (χ1n) is 6.24. The zero-order valence-electron chi connectivity index (χ0n) is 10.8. The number of rotatable bonds is 3. The van der Waals surface area contributed by atoms with Crippen molar-refractivity contribution in [2.75, 3.05) is 25.5 Å². The summed E-state index contributed by atoms with van der Waals surface area (Å²) < 4.78 is 0. The Morgan fingerprint density at radius 2 is 2.16 bits per heavy atom. The van der Waals surface area contributed by atoms with Gasteiger partial charge in [-0.05, 0) is 45.1 Å². The molecule has 1 fully saturated rings. The number of piperidine rings is 1. The molecule has 0 amide bonds. The van der Waals surface area contributed by atoms with E-state index in [0.717, 1.165) is 31.6 Å². The second-order valence-corrected chi connectivity index (χ2v) is 4.82. The minimum atomic E-state index is -0.530. The predicted molar refractivity (Wildman–Crippen MR) is 72.0 cm³/mol. The molecule has 0 bridgehead atoms. The summed E-state index contributed by atoms with van der Waals surface area (Å²) in [4.78, 5) is 12.5. The number of hydrogen-bond donors (Lipinski definition) is 1. The first-order valence-corrected chi connectivity index (χ1v) is 6.24. The number of nitrogens with zero attached hydrogens (tertiary/aromatic N) is 3. The van der Waals surface area contributed by atoms with Crippen molar-refractivity contribution in [3.05, 3.63) is 33.9 Å². The molecule has 0 unspecified atom stereocenters. The first kappa shape index (κ1) is 13.3. The molecule has 19 heavy (non-hydrogen) atoms.